The summed E-state index contributed by atoms with van der Waals surface area (Å²) in [5, 5.41) is 6.16. The number of carbonyl (C=O) groups is 1. The molecule has 0 aliphatic heterocycles. The van der Waals surface area contributed by atoms with Crippen molar-refractivity contribution in [3.8, 4) is 0 Å². The Labute approximate surface area is 101 Å². The maximum atomic E-state index is 11.7. The maximum Gasteiger partial charge on any atom is 0.411 e. The predicted octanol–water partition coefficient (Wildman–Crippen LogP) is 0.311. The highest BCUT2D eigenvalue weighted by Gasteiger charge is 2.27. The molecule has 1 rings (SSSR count). The first kappa shape index (κ1) is 14.3. The number of rotatable bonds is 5. The molecule has 0 fully saturated rings. The van der Waals surface area contributed by atoms with Crippen LogP contribution in [0.1, 0.15) is 10.5 Å². The summed E-state index contributed by atoms with van der Waals surface area (Å²) in [4.78, 5) is 11.5. The van der Waals surface area contributed by atoms with E-state index in [1.54, 1.807) is 7.05 Å². The van der Waals surface area contributed by atoms with E-state index < -0.39 is 18.7 Å². The number of nitrogens with zero attached hydrogens (tertiary/aromatic N) is 2. The lowest BCUT2D eigenvalue weighted by Gasteiger charge is -2.08. The monoisotopic (exact) mass is 266 g/mol. The van der Waals surface area contributed by atoms with E-state index in [-0.39, 0.29) is 24.5 Å². The molecule has 1 heterocycles. The predicted molar refractivity (Wildman–Crippen MR) is 56.8 cm³/mol. The van der Waals surface area contributed by atoms with Crippen molar-refractivity contribution in [3.05, 3.63) is 11.9 Å². The fraction of sp³-hybridized carbons (Fsp3) is 0.556. The van der Waals surface area contributed by atoms with Crippen molar-refractivity contribution < 1.29 is 22.7 Å². The molecule has 6 nitrogen and oxygen atoms in total. The summed E-state index contributed by atoms with van der Waals surface area (Å²) in [6, 6.07) is 0. The number of carbonyl (C=O) groups excluding carboxylic acids is 1. The third-order valence-corrected chi connectivity index (χ3v) is 1.87. The molecule has 0 radical (unpaired) electrons. The Morgan fingerprint density at radius 3 is 2.78 bits per heavy atom. The fourth-order valence-corrected chi connectivity index (χ4v) is 1.19. The lowest BCUT2D eigenvalue weighted by Crippen LogP contribution is -2.29. The van der Waals surface area contributed by atoms with Gasteiger partial charge in [0.1, 0.15) is 6.61 Å². The number of halogens is 3. The van der Waals surface area contributed by atoms with Crippen LogP contribution in [-0.2, 0) is 11.8 Å². The molecule has 1 amide bonds. The van der Waals surface area contributed by atoms with Crippen molar-refractivity contribution in [2.24, 2.45) is 7.05 Å². The van der Waals surface area contributed by atoms with Crippen LogP contribution in [0.25, 0.3) is 0 Å². The Balaban J connectivity index is 2.28. The lowest BCUT2D eigenvalue weighted by atomic mass is 10.3. The molecular weight excluding hydrogens is 253 g/mol. The van der Waals surface area contributed by atoms with Crippen LogP contribution in [-0.4, -0.2) is 41.6 Å². The van der Waals surface area contributed by atoms with Gasteiger partial charge in [0.05, 0.1) is 12.3 Å². The van der Waals surface area contributed by atoms with Crippen LogP contribution < -0.4 is 11.1 Å². The highest BCUT2D eigenvalue weighted by molar-refractivity contribution is 5.96. The average Bonchev–Trinajstić information content (AvgIpc) is 2.55. The zero-order valence-electron chi connectivity index (χ0n) is 9.62. The van der Waals surface area contributed by atoms with Gasteiger partial charge in [-0.15, -0.1) is 0 Å². The van der Waals surface area contributed by atoms with Crippen LogP contribution >= 0.6 is 0 Å². The fourth-order valence-electron chi connectivity index (χ4n) is 1.19. The number of nitrogens with two attached hydrogens (primary N) is 1. The van der Waals surface area contributed by atoms with Gasteiger partial charge in [0.2, 0.25) is 0 Å². The van der Waals surface area contributed by atoms with Gasteiger partial charge in [-0.1, -0.05) is 0 Å². The van der Waals surface area contributed by atoms with Crippen LogP contribution in [0.3, 0.4) is 0 Å². The second-order valence-corrected chi connectivity index (χ2v) is 3.53. The molecule has 1 aromatic heterocycles. The number of aromatic nitrogens is 2. The standard InChI is InChI=1S/C9H13F3N4O2/c1-16-4-6(13)7(15-16)8(17)14-2-3-18-5-9(10,11)12/h4H,2-3,5,13H2,1H3,(H,14,17). The molecule has 102 valence electrons. The molecule has 0 bridgehead atoms. The highest BCUT2D eigenvalue weighted by atomic mass is 19.4. The molecule has 18 heavy (non-hydrogen) atoms. The van der Waals surface area contributed by atoms with Gasteiger partial charge in [-0.2, -0.15) is 18.3 Å². The first-order chi connectivity index (χ1) is 8.29. The van der Waals surface area contributed by atoms with E-state index in [2.05, 4.69) is 15.2 Å². The first-order valence-corrected chi connectivity index (χ1v) is 5.01. The number of hydrogen-bond donors (Lipinski definition) is 2. The number of amides is 1. The van der Waals surface area contributed by atoms with Gasteiger partial charge >= 0.3 is 6.18 Å². The SMILES string of the molecule is Cn1cc(N)c(C(=O)NCCOCC(F)(F)F)n1. The molecule has 9 heteroatoms. The molecule has 3 N–H and O–H groups in total. The van der Waals surface area contributed by atoms with E-state index in [0.717, 1.165) is 0 Å². The molecular formula is C9H13F3N4O2. The number of aryl methyl sites for hydroxylation is 1. The van der Waals surface area contributed by atoms with Gasteiger partial charge < -0.3 is 15.8 Å². The van der Waals surface area contributed by atoms with Crippen molar-refractivity contribution in [3.63, 3.8) is 0 Å². The van der Waals surface area contributed by atoms with Crippen LogP contribution in [0.2, 0.25) is 0 Å². The summed E-state index contributed by atoms with van der Waals surface area (Å²) < 4.78 is 40.9. The lowest BCUT2D eigenvalue weighted by molar-refractivity contribution is -0.173. The smallest absolute Gasteiger partial charge is 0.396 e. The Morgan fingerprint density at radius 2 is 2.28 bits per heavy atom. The average molecular weight is 266 g/mol. The normalized spacial score (nSPS) is 11.6. The zero-order chi connectivity index (χ0) is 13.8. The highest BCUT2D eigenvalue weighted by Crippen LogP contribution is 2.14. The quantitative estimate of drug-likeness (QED) is 0.751. The van der Waals surface area contributed by atoms with Crippen molar-refractivity contribution >= 4 is 11.6 Å². The first-order valence-electron chi connectivity index (χ1n) is 5.01. The van der Waals surface area contributed by atoms with E-state index in [0.29, 0.717) is 0 Å². The third kappa shape index (κ3) is 4.62. The minimum Gasteiger partial charge on any atom is -0.396 e. The molecule has 0 aliphatic rings. The zero-order valence-corrected chi connectivity index (χ0v) is 9.62. The number of alkyl halides is 3. The molecule has 0 aromatic carbocycles. The van der Waals surface area contributed by atoms with Gasteiger partial charge in [-0.3, -0.25) is 9.48 Å². The molecule has 0 saturated carbocycles. The maximum absolute atomic E-state index is 11.7. The summed E-state index contributed by atoms with van der Waals surface area (Å²) in [5.41, 5.74) is 5.74. The molecule has 0 atom stereocenters. The van der Waals surface area contributed by atoms with Gasteiger partial charge in [0.25, 0.3) is 5.91 Å². The van der Waals surface area contributed by atoms with Crippen molar-refractivity contribution in [1.82, 2.24) is 15.1 Å². The van der Waals surface area contributed by atoms with Gasteiger partial charge in [-0.05, 0) is 0 Å². The molecule has 0 spiro atoms. The summed E-state index contributed by atoms with van der Waals surface area (Å²) >= 11 is 0. The second kappa shape index (κ2) is 5.71. The molecule has 0 unspecified atom stereocenters. The second-order valence-electron chi connectivity index (χ2n) is 3.53. The molecule has 0 aliphatic carbocycles. The van der Waals surface area contributed by atoms with Crippen LogP contribution in [0, 0.1) is 0 Å². The van der Waals surface area contributed by atoms with E-state index >= 15 is 0 Å². The van der Waals surface area contributed by atoms with Gasteiger partial charge in [0, 0.05) is 19.8 Å². The van der Waals surface area contributed by atoms with E-state index in [4.69, 9.17) is 5.73 Å². The van der Waals surface area contributed by atoms with E-state index in [1.165, 1.54) is 10.9 Å². The summed E-state index contributed by atoms with van der Waals surface area (Å²) in [7, 11) is 1.60. The largest absolute Gasteiger partial charge is 0.411 e. The number of hydrogen-bond acceptors (Lipinski definition) is 4. The van der Waals surface area contributed by atoms with Gasteiger partial charge in [0.15, 0.2) is 5.69 Å². The topological polar surface area (TPSA) is 82.2 Å². The Kier molecular flexibility index (Phi) is 4.54. The summed E-state index contributed by atoms with van der Waals surface area (Å²) in [6.45, 7) is -1.63. The minimum atomic E-state index is -4.37. The van der Waals surface area contributed by atoms with Crippen LogP contribution in [0.4, 0.5) is 18.9 Å². The number of ether oxygens (including phenoxy) is 1. The van der Waals surface area contributed by atoms with Crippen LogP contribution in [0.15, 0.2) is 6.20 Å². The van der Waals surface area contributed by atoms with Crippen molar-refractivity contribution in [2.75, 3.05) is 25.5 Å². The summed E-state index contributed by atoms with van der Waals surface area (Å²) in [5.74, 6) is -0.552. The molecule has 1 aromatic rings. The Morgan fingerprint density at radius 1 is 1.61 bits per heavy atom. The third-order valence-electron chi connectivity index (χ3n) is 1.87. The number of nitrogen functional groups attached to an aromatic ring is 1. The number of anilines is 1. The van der Waals surface area contributed by atoms with E-state index in [1.807, 2.05) is 0 Å². The molecule has 0 saturated heterocycles. The Hall–Kier alpha value is -1.77. The minimum absolute atomic E-state index is 0.0355. The van der Waals surface area contributed by atoms with Gasteiger partial charge in [-0.25, -0.2) is 0 Å². The number of nitrogens with one attached hydrogen (secondary N) is 1. The van der Waals surface area contributed by atoms with Crippen LogP contribution in [0.5, 0.6) is 0 Å². The van der Waals surface area contributed by atoms with E-state index in [9.17, 15) is 18.0 Å². The summed E-state index contributed by atoms with van der Waals surface area (Å²) in [6.07, 6.45) is -2.91. The van der Waals surface area contributed by atoms with Crippen molar-refractivity contribution in [2.45, 2.75) is 6.18 Å². The Bertz CT molecular complexity index is 416. The van der Waals surface area contributed by atoms with Crippen molar-refractivity contribution in [1.29, 1.82) is 0 Å².